The van der Waals surface area contributed by atoms with Gasteiger partial charge in [0.05, 0.1) is 18.4 Å². The van der Waals surface area contributed by atoms with Gasteiger partial charge in [-0.05, 0) is 19.4 Å². The number of hydrogen-bond acceptors (Lipinski definition) is 2. The number of aromatic nitrogens is 2. The number of aromatic amines is 1. The first kappa shape index (κ1) is 13.3. The van der Waals surface area contributed by atoms with Crippen LogP contribution in [0.4, 0.5) is 0 Å². The zero-order valence-corrected chi connectivity index (χ0v) is 12.3. The van der Waals surface area contributed by atoms with Gasteiger partial charge in [0.25, 0.3) is 0 Å². The second-order valence-corrected chi connectivity index (χ2v) is 5.27. The molecule has 1 aromatic carbocycles. The third kappa shape index (κ3) is 3.21. The number of H-pyrrole nitrogens is 1. The van der Waals surface area contributed by atoms with Gasteiger partial charge in [-0.1, -0.05) is 41.1 Å². The van der Waals surface area contributed by atoms with Crippen molar-refractivity contribution < 1.29 is 0 Å². The van der Waals surface area contributed by atoms with Gasteiger partial charge in [-0.2, -0.15) is 0 Å². The van der Waals surface area contributed by atoms with Gasteiger partial charge in [0.1, 0.15) is 5.82 Å². The molecule has 1 heterocycles. The van der Waals surface area contributed by atoms with E-state index in [1.807, 2.05) is 24.4 Å². The summed E-state index contributed by atoms with van der Waals surface area (Å²) < 4.78 is 1.08. The Hall–Kier alpha value is -1.13. The highest BCUT2D eigenvalue weighted by molar-refractivity contribution is 9.10. The number of benzene rings is 1. The lowest BCUT2D eigenvalue weighted by Gasteiger charge is -2.09. The van der Waals surface area contributed by atoms with E-state index in [9.17, 15) is 0 Å². The van der Waals surface area contributed by atoms with E-state index in [1.54, 1.807) is 0 Å². The number of nitrogens with zero attached hydrogens (tertiary/aromatic N) is 1. The van der Waals surface area contributed by atoms with Crippen molar-refractivity contribution in [3.8, 4) is 11.3 Å². The molecule has 0 saturated heterocycles. The molecule has 0 amide bonds. The molecule has 2 N–H and O–H groups in total. The van der Waals surface area contributed by atoms with E-state index in [-0.39, 0.29) is 0 Å². The highest BCUT2D eigenvalue weighted by Gasteiger charge is 2.06. The first-order chi connectivity index (χ1) is 8.70. The molecule has 18 heavy (non-hydrogen) atoms. The summed E-state index contributed by atoms with van der Waals surface area (Å²) >= 11 is 3.55. The van der Waals surface area contributed by atoms with Gasteiger partial charge in [0.15, 0.2) is 0 Å². The van der Waals surface area contributed by atoms with Gasteiger partial charge >= 0.3 is 0 Å². The summed E-state index contributed by atoms with van der Waals surface area (Å²) in [4.78, 5) is 7.75. The Labute approximate surface area is 116 Å². The fourth-order valence-corrected chi connectivity index (χ4v) is 2.18. The topological polar surface area (TPSA) is 40.7 Å². The van der Waals surface area contributed by atoms with Crippen LogP contribution in [0.25, 0.3) is 11.3 Å². The maximum atomic E-state index is 4.40. The molecular weight excluding hydrogens is 290 g/mol. The second-order valence-electron chi connectivity index (χ2n) is 4.41. The van der Waals surface area contributed by atoms with Crippen LogP contribution in [0.15, 0.2) is 34.9 Å². The molecule has 4 heteroatoms. The Bertz CT molecular complexity index is 507. The highest BCUT2D eigenvalue weighted by atomic mass is 79.9. The average molecular weight is 308 g/mol. The van der Waals surface area contributed by atoms with E-state index in [2.05, 4.69) is 51.1 Å². The van der Waals surface area contributed by atoms with Crippen LogP contribution < -0.4 is 5.32 Å². The molecule has 0 spiro atoms. The molecule has 0 fully saturated rings. The first-order valence-corrected chi connectivity index (χ1v) is 7.02. The largest absolute Gasteiger partial charge is 0.341 e. The summed E-state index contributed by atoms with van der Waals surface area (Å²) in [7, 11) is 0. The Morgan fingerprint density at radius 2 is 2.17 bits per heavy atom. The standard InChI is InChI=1S/C14H18BrN3/c1-3-10(2)16-9-14-17-8-13(18-14)11-6-4-5-7-12(11)15/h4-8,10,16H,3,9H2,1-2H3,(H,17,18). The molecule has 1 atom stereocenters. The first-order valence-electron chi connectivity index (χ1n) is 6.23. The summed E-state index contributed by atoms with van der Waals surface area (Å²) in [5.74, 6) is 0.973. The van der Waals surface area contributed by atoms with Crippen molar-refractivity contribution in [2.45, 2.75) is 32.9 Å². The van der Waals surface area contributed by atoms with Crippen LogP contribution in [0.1, 0.15) is 26.1 Å². The number of halogens is 1. The maximum absolute atomic E-state index is 4.40. The summed E-state index contributed by atoms with van der Waals surface area (Å²) in [6.45, 7) is 5.13. The minimum Gasteiger partial charge on any atom is -0.341 e. The fourth-order valence-electron chi connectivity index (χ4n) is 1.68. The Morgan fingerprint density at radius 1 is 1.39 bits per heavy atom. The van der Waals surface area contributed by atoms with Gasteiger partial charge in [0, 0.05) is 16.1 Å². The van der Waals surface area contributed by atoms with E-state index in [4.69, 9.17) is 0 Å². The van der Waals surface area contributed by atoms with Gasteiger partial charge in [-0.3, -0.25) is 0 Å². The normalized spacial score (nSPS) is 12.6. The summed E-state index contributed by atoms with van der Waals surface area (Å²) in [5, 5.41) is 3.42. The molecule has 0 saturated carbocycles. The molecule has 0 bridgehead atoms. The zero-order chi connectivity index (χ0) is 13.0. The van der Waals surface area contributed by atoms with Crippen LogP contribution in [0.2, 0.25) is 0 Å². The third-order valence-corrected chi connectivity index (χ3v) is 3.71. The molecule has 3 nitrogen and oxygen atoms in total. The predicted octanol–water partition coefficient (Wildman–Crippen LogP) is 3.73. The lowest BCUT2D eigenvalue weighted by atomic mass is 10.2. The summed E-state index contributed by atoms with van der Waals surface area (Å²) in [5.41, 5.74) is 2.18. The van der Waals surface area contributed by atoms with E-state index >= 15 is 0 Å². The van der Waals surface area contributed by atoms with Crippen molar-refractivity contribution in [2.75, 3.05) is 0 Å². The van der Waals surface area contributed by atoms with Gasteiger partial charge in [-0.25, -0.2) is 4.98 Å². The minimum atomic E-state index is 0.516. The monoisotopic (exact) mass is 307 g/mol. The number of nitrogens with one attached hydrogen (secondary N) is 2. The SMILES string of the molecule is CCC(C)NCc1ncc(-c2ccccc2Br)[nH]1. The predicted molar refractivity (Wildman–Crippen MR) is 78.3 cm³/mol. The lowest BCUT2D eigenvalue weighted by molar-refractivity contribution is 0.525. The van der Waals surface area contributed by atoms with Crippen LogP contribution in [0, 0.1) is 0 Å². The quantitative estimate of drug-likeness (QED) is 0.883. The molecule has 0 aliphatic carbocycles. The molecular formula is C14H18BrN3. The summed E-state index contributed by atoms with van der Waals surface area (Å²) in [6, 6.07) is 8.66. The van der Waals surface area contributed by atoms with Gasteiger partial charge < -0.3 is 10.3 Å². The molecule has 2 rings (SSSR count). The van der Waals surface area contributed by atoms with E-state index in [0.717, 1.165) is 34.5 Å². The molecule has 0 aliphatic heterocycles. The number of imidazole rings is 1. The number of rotatable bonds is 5. The van der Waals surface area contributed by atoms with Crippen LogP contribution in [-0.4, -0.2) is 16.0 Å². The van der Waals surface area contributed by atoms with Crippen molar-refractivity contribution in [3.05, 3.63) is 40.8 Å². The van der Waals surface area contributed by atoms with E-state index < -0.39 is 0 Å². The highest BCUT2D eigenvalue weighted by Crippen LogP contribution is 2.26. The van der Waals surface area contributed by atoms with Crippen LogP contribution >= 0.6 is 15.9 Å². The smallest absolute Gasteiger partial charge is 0.120 e. The molecule has 0 aliphatic rings. The van der Waals surface area contributed by atoms with Crippen molar-refractivity contribution >= 4 is 15.9 Å². The van der Waals surface area contributed by atoms with Crippen LogP contribution in [-0.2, 0) is 6.54 Å². The lowest BCUT2D eigenvalue weighted by Crippen LogP contribution is -2.24. The maximum Gasteiger partial charge on any atom is 0.120 e. The Morgan fingerprint density at radius 3 is 2.89 bits per heavy atom. The van der Waals surface area contributed by atoms with E-state index in [0.29, 0.717) is 6.04 Å². The van der Waals surface area contributed by atoms with E-state index in [1.165, 1.54) is 0 Å². The molecule has 1 unspecified atom stereocenters. The Balaban J connectivity index is 2.09. The second kappa shape index (κ2) is 6.16. The molecule has 96 valence electrons. The Kier molecular flexibility index (Phi) is 4.55. The van der Waals surface area contributed by atoms with Gasteiger partial charge in [-0.15, -0.1) is 0 Å². The molecule has 0 radical (unpaired) electrons. The van der Waals surface area contributed by atoms with Crippen molar-refractivity contribution in [1.29, 1.82) is 0 Å². The van der Waals surface area contributed by atoms with Gasteiger partial charge in [0.2, 0.25) is 0 Å². The third-order valence-electron chi connectivity index (χ3n) is 3.02. The molecule has 1 aromatic heterocycles. The van der Waals surface area contributed by atoms with Crippen molar-refractivity contribution in [3.63, 3.8) is 0 Å². The molecule has 2 aromatic rings. The average Bonchev–Trinajstić information content (AvgIpc) is 2.85. The van der Waals surface area contributed by atoms with Crippen LogP contribution in [0.5, 0.6) is 0 Å². The van der Waals surface area contributed by atoms with Crippen molar-refractivity contribution in [2.24, 2.45) is 0 Å². The fraction of sp³-hybridized carbons (Fsp3) is 0.357. The summed E-state index contributed by atoms with van der Waals surface area (Å²) in [6.07, 6.45) is 3.01. The minimum absolute atomic E-state index is 0.516. The zero-order valence-electron chi connectivity index (χ0n) is 10.7. The van der Waals surface area contributed by atoms with Crippen LogP contribution in [0.3, 0.4) is 0 Å². The van der Waals surface area contributed by atoms with Crippen molar-refractivity contribution in [1.82, 2.24) is 15.3 Å². The number of hydrogen-bond donors (Lipinski definition) is 2.